The summed E-state index contributed by atoms with van der Waals surface area (Å²) in [6.07, 6.45) is 3.43. The van der Waals surface area contributed by atoms with Crippen LogP contribution in [0.5, 0.6) is 0 Å². The van der Waals surface area contributed by atoms with Crippen molar-refractivity contribution in [1.29, 1.82) is 0 Å². The standard InChI is InChI=1S/C18H15N5O/c1-13-20-16-8-4-3-7-15(16)18(24)23(13)17-9-5-2-6-14(17)12-22-11-10-19-21-22/h2-11H,12H2,1H3. The maximum Gasteiger partial charge on any atom is 0.265 e. The van der Waals surface area contributed by atoms with Crippen molar-refractivity contribution in [2.24, 2.45) is 0 Å². The second-order valence-corrected chi connectivity index (χ2v) is 5.55. The minimum Gasteiger partial charge on any atom is -0.268 e. The Morgan fingerprint density at radius 2 is 1.83 bits per heavy atom. The summed E-state index contributed by atoms with van der Waals surface area (Å²) >= 11 is 0. The van der Waals surface area contributed by atoms with E-state index in [9.17, 15) is 4.79 Å². The summed E-state index contributed by atoms with van der Waals surface area (Å²) in [6, 6.07) is 15.2. The molecule has 6 nitrogen and oxygen atoms in total. The zero-order valence-corrected chi connectivity index (χ0v) is 13.1. The van der Waals surface area contributed by atoms with E-state index < -0.39 is 0 Å². The van der Waals surface area contributed by atoms with Crippen LogP contribution < -0.4 is 5.56 Å². The lowest BCUT2D eigenvalue weighted by molar-refractivity contribution is 0.646. The first kappa shape index (κ1) is 14.3. The van der Waals surface area contributed by atoms with E-state index in [1.807, 2.05) is 49.4 Å². The maximum absolute atomic E-state index is 13.0. The van der Waals surface area contributed by atoms with Crippen LogP contribution in [-0.4, -0.2) is 24.5 Å². The van der Waals surface area contributed by atoms with Crippen molar-refractivity contribution in [2.45, 2.75) is 13.5 Å². The fourth-order valence-electron chi connectivity index (χ4n) is 2.88. The van der Waals surface area contributed by atoms with Crippen LogP contribution in [0.3, 0.4) is 0 Å². The number of para-hydroxylation sites is 2. The van der Waals surface area contributed by atoms with Crippen molar-refractivity contribution >= 4 is 10.9 Å². The molecule has 0 bridgehead atoms. The van der Waals surface area contributed by atoms with E-state index in [0.717, 1.165) is 11.3 Å². The number of aromatic nitrogens is 5. The van der Waals surface area contributed by atoms with Crippen LogP contribution in [-0.2, 0) is 6.54 Å². The van der Waals surface area contributed by atoms with Gasteiger partial charge in [0, 0.05) is 6.20 Å². The zero-order chi connectivity index (χ0) is 16.5. The van der Waals surface area contributed by atoms with Gasteiger partial charge in [-0.05, 0) is 30.7 Å². The van der Waals surface area contributed by atoms with Crippen molar-refractivity contribution in [3.05, 3.63) is 82.7 Å². The minimum atomic E-state index is -0.0656. The van der Waals surface area contributed by atoms with E-state index in [1.54, 1.807) is 27.7 Å². The molecule has 0 amide bonds. The molecule has 2 aromatic carbocycles. The molecule has 0 saturated heterocycles. The Kier molecular flexibility index (Phi) is 3.42. The first-order valence-corrected chi connectivity index (χ1v) is 7.65. The summed E-state index contributed by atoms with van der Waals surface area (Å²) in [7, 11) is 0. The summed E-state index contributed by atoms with van der Waals surface area (Å²) in [5, 5.41) is 8.44. The number of aryl methyl sites for hydroxylation is 1. The van der Waals surface area contributed by atoms with Gasteiger partial charge >= 0.3 is 0 Å². The third kappa shape index (κ3) is 2.38. The molecule has 0 aliphatic rings. The van der Waals surface area contributed by atoms with Gasteiger partial charge in [-0.25, -0.2) is 9.67 Å². The SMILES string of the molecule is Cc1nc2ccccc2c(=O)n1-c1ccccc1Cn1ccnn1. The molecule has 4 aromatic rings. The smallest absolute Gasteiger partial charge is 0.265 e. The fraction of sp³-hybridized carbons (Fsp3) is 0.111. The van der Waals surface area contributed by atoms with Crippen molar-refractivity contribution in [1.82, 2.24) is 24.5 Å². The topological polar surface area (TPSA) is 65.6 Å². The molecule has 0 aliphatic carbocycles. The zero-order valence-electron chi connectivity index (χ0n) is 13.1. The Morgan fingerprint density at radius 3 is 2.67 bits per heavy atom. The van der Waals surface area contributed by atoms with E-state index in [4.69, 9.17) is 0 Å². The van der Waals surface area contributed by atoms with Crippen molar-refractivity contribution in [2.75, 3.05) is 0 Å². The normalized spacial score (nSPS) is 11.0. The van der Waals surface area contributed by atoms with Crippen LogP contribution in [0.2, 0.25) is 0 Å². The molecule has 0 unspecified atom stereocenters. The van der Waals surface area contributed by atoms with E-state index in [1.165, 1.54) is 0 Å². The highest BCUT2D eigenvalue weighted by Gasteiger charge is 2.13. The lowest BCUT2D eigenvalue weighted by atomic mass is 10.1. The molecule has 4 rings (SSSR count). The quantitative estimate of drug-likeness (QED) is 0.582. The molecule has 2 heterocycles. The molecular formula is C18H15N5O. The van der Waals surface area contributed by atoms with E-state index in [-0.39, 0.29) is 5.56 Å². The van der Waals surface area contributed by atoms with Crippen LogP contribution in [0.25, 0.3) is 16.6 Å². The van der Waals surface area contributed by atoms with E-state index in [0.29, 0.717) is 23.3 Å². The number of hydrogen-bond donors (Lipinski definition) is 0. The Morgan fingerprint density at radius 1 is 1.04 bits per heavy atom. The van der Waals surface area contributed by atoms with Gasteiger partial charge in [-0.1, -0.05) is 35.5 Å². The highest BCUT2D eigenvalue weighted by atomic mass is 16.1. The molecule has 0 aliphatic heterocycles. The first-order chi connectivity index (χ1) is 11.7. The molecule has 2 aromatic heterocycles. The van der Waals surface area contributed by atoms with Crippen LogP contribution in [0.1, 0.15) is 11.4 Å². The number of benzene rings is 2. The molecule has 0 spiro atoms. The van der Waals surface area contributed by atoms with Gasteiger partial charge in [0.05, 0.1) is 29.3 Å². The van der Waals surface area contributed by atoms with Crippen LogP contribution in [0.4, 0.5) is 0 Å². The number of rotatable bonds is 3. The van der Waals surface area contributed by atoms with Gasteiger partial charge in [0.15, 0.2) is 0 Å². The maximum atomic E-state index is 13.0. The van der Waals surface area contributed by atoms with Crippen LogP contribution in [0, 0.1) is 6.92 Å². The predicted octanol–water partition coefficient (Wildman–Crippen LogP) is 2.33. The number of nitrogens with zero attached hydrogens (tertiary/aromatic N) is 5. The van der Waals surface area contributed by atoms with Crippen molar-refractivity contribution in [3.63, 3.8) is 0 Å². The lowest BCUT2D eigenvalue weighted by Gasteiger charge is -2.15. The summed E-state index contributed by atoms with van der Waals surface area (Å²) < 4.78 is 3.39. The summed E-state index contributed by atoms with van der Waals surface area (Å²) in [5.74, 6) is 0.657. The highest BCUT2D eigenvalue weighted by Crippen LogP contribution is 2.17. The molecule has 0 fully saturated rings. The second-order valence-electron chi connectivity index (χ2n) is 5.55. The Hall–Kier alpha value is -3.28. The monoisotopic (exact) mass is 317 g/mol. The number of fused-ring (bicyclic) bond motifs is 1. The Labute approximate surface area is 138 Å². The molecule has 0 radical (unpaired) electrons. The van der Waals surface area contributed by atoms with Gasteiger partial charge in [0.25, 0.3) is 5.56 Å². The summed E-state index contributed by atoms with van der Waals surface area (Å²) in [5.41, 5.74) is 2.44. The molecule has 0 N–H and O–H groups in total. The second kappa shape index (κ2) is 5.73. The average Bonchev–Trinajstić information content (AvgIpc) is 3.09. The van der Waals surface area contributed by atoms with Crippen molar-refractivity contribution < 1.29 is 0 Å². The summed E-state index contributed by atoms with van der Waals surface area (Å²) in [4.78, 5) is 17.6. The average molecular weight is 317 g/mol. The van der Waals surface area contributed by atoms with Gasteiger partial charge in [-0.3, -0.25) is 9.36 Å². The molecule has 6 heteroatoms. The van der Waals surface area contributed by atoms with Gasteiger partial charge in [-0.2, -0.15) is 0 Å². The Balaban J connectivity index is 1.94. The summed E-state index contributed by atoms with van der Waals surface area (Å²) in [6.45, 7) is 2.38. The minimum absolute atomic E-state index is 0.0656. The third-order valence-electron chi connectivity index (χ3n) is 3.98. The van der Waals surface area contributed by atoms with Gasteiger partial charge in [0.1, 0.15) is 5.82 Å². The molecule has 24 heavy (non-hydrogen) atoms. The largest absolute Gasteiger partial charge is 0.268 e. The van der Waals surface area contributed by atoms with Gasteiger partial charge in [-0.15, -0.1) is 5.10 Å². The third-order valence-corrected chi connectivity index (χ3v) is 3.98. The molecule has 0 atom stereocenters. The van der Waals surface area contributed by atoms with Gasteiger partial charge < -0.3 is 0 Å². The van der Waals surface area contributed by atoms with Crippen molar-refractivity contribution in [3.8, 4) is 5.69 Å². The first-order valence-electron chi connectivity index (χ1n) is 7.65. The number of hydrogen-bond acceptors (Lipinski definition) is 4. The lowest BCUT2D eigenvalue weighted by Crippen LogP contribution is -2.23. The van der Waals surface area contributed by atoms with Gasteiger partial charge in [0.2, 0.25) is 0 Å². The fourth-order valence-corrected chi connectivity index (χ4v) is 2.88. The van der Waals surface area contributed by atoms with E-state index >= 15 is 0 Å². The predicted molar refractivity (Wildman–Crippen MR) is 91.2 cm³/mol. The Bertz CT molecular complexity index is 1070. The highest BCUT2D eigenvalue weighted by molar-refractivity contribution is 5.77. The van der Waals surface area contributed by atoms with Crippen LogP contribution >= 0.6 is 0 Å². The molecular weight excluding hydrogens is 302 g/mol. The molecule has 118 valence electrons. The molecule has 0 saturated carbocycles. The van der Waals surface area contributed by atoms with E-state index in [2.05, 4.69) is 15.3 Å². The van der Waals surface area contributed by atoms with Crippen LogP contribution in [0.15, 0.2) is 65.7 Å².